The first-order valence-corrected chi connectivity index (χ1v) is 10.0. The fraction of sp³-hybridized carbons (Fsp3) is 0.375. The van der Waals surface area contributed by atoms with E-state index in [-0.39, 0.29) is 22.8 Å². The van der Waals surface area contributed by atoms with Crippen LogP contribution in [-0.4, -0.2) is 47.9 Å². The van der Waals surface area contributed by atoms with E-state index in [1.165, 1.54) is 38.1 Å². The van der Waals surface area contributed by atoms with Crippen molar-refractivity contribution in [3.8, 4) is 11.4 Å². The summed E-state index contributed by atoms with van der Waals surface area (Å²) in [5.74, 6) is -4.24. The molecule has 0 atom stereocenters. The molecule has 1 aromatic carbocycles. The maximum atomic E-state index is 12.5. The molecule has 13 heteroatoms. The Morgan fingerprint density at radius 2 is 1.69 bits per heavy atom. The van der Waals surface area contributed by atoms with Crippen LogP contribution in [0, 0.1) is 0 Å². The lowest BCUT2D eigenvalue weighted by Crippen LogP contribution is -2.51. The molecule has 0 aliphatic carbocycles. The molecular weight excluding hydrogens is 417 g/mol. The number of carbonyl (C=O) groups excluding carboxylic acids is 2. The molecule has 0 aliphatic heterocycles. The highest BCUT2D eigenvalue weighted by molar-refractivity contribution is 7.90. The van der Waals surface area contributed by atoms with Gasteiger partial charge in [0.25, 0.3) is 0 Å². The van der Waals surface area contributed by atoms with Crippen LogP contribution in [0.4, 0.5) is 18.9 Å². The van der Waals surface area contributed by atoms with Crippen molar-refractivity contribution in [3.63, 3.8) is 0 Å². The van der Waals surface area contributed by atoms with Crippen LogP contribution in [0.2, 0.25) is 0 Å². The van der Waals surface area contributed by atoms with Crippen molar-refractivity contribution in [2.24, 2.45) is 0 Å². The standard InChI is InChI=1S/C16H17F3N4O5S/c1-15(2,8-29(3,26)27)22-13(25)12(24)20-10-6-4-9(5-7-10)11-21-14(28-23-11)16(17,18)19/h4-7H,8H2,1-3H3,(H,20,24)(H,22,25). The molecule has 0 saturated carbocycles. The number of amides is 2. The van der Waals surface area contributed by atoms with Crippen LogP contribution in [0.5, 0.6) is 0 Å². The Balaban J connectivity index is 2.03. The summed E-state index contributed by atoms with van der Waals surface area (Å²) in [6, 6.07) is 5.30. The normalized spacial score (nSPS) is 12.5. The summed E-state index contributed by atoms with van der Waals surface area (Å²) in [7, 11) is -3.39. The number of anilines is 1. The van der Waals surface area contributed by atoms with Crippen molar-refractivity contribution < 1.29 is 35.7 Å². The first-order chi connectivity index (χ1) is 13.2. The Labute approximate surface area is 163 Å². The molecule has 0 saturated heterocycles. The summed E-state index contributed by atoms with van der Waals surface area (Å²) in [5, 5.41) is 7.84. The van der Waals surface area contributed by atoms with Gasteiger partial charge in [0.2, 0.25) is 5.82 Å². The van der Waals surface area contributed by atoms with Gasteiger partial charge < -0.3 is 15.2 Å². The number of aromatic nitrogens is 2. The molecule has 0 spiro atoms. The van der Waals surface area contributed by atoms with E-state index in [9.17, 15) is 31.2 Å². The lowest BCUT2D eigenvalue weighted by Gasteiger charge is -2.24. The van der Waals surface area contributed by atoms with Crippen LogP contribution in [0.25, 0.3) is 11.4 Å². The minimum atomic E-state index is -4.77. The first-order valence-electron chi connectivity index (χ1n) is 7.99. The van der Waals surface area contributed by atoms with Gasteiger partial charge in [-0.05, 0) is 38.1 Å². The zero-order valence-electron chi connectivity index (χ0n) is 15.5. The number of rotatable bonds is 5. The van der Waals surface area contributed by atoms with Crippen LogP contribution in [0.3, 0.4) is 0 Å². The average Bonchev–Trinajstić information content (AvgIpc) is 3.02. The predicted octanol–water partition coefficient (Wildman–Crippen LogP) is 1.63. The van der Waals surface area contributed by atoms with E-state index in [1.54, 1.807) is 0 Å². The summed E-state index contributed by atoms with van der Waals surface area (Å²) in [5.41, 5.74) is -0.795. The zero-order valence-corrected chi connectivity index (χ0v) is 16.3. The zero-order chi connectivity index (χ0) is 22.0. The van der Waals surface area contributed by atoms with Gasteiger partial charge in [-0.2, -0.15) is 18.2 Å². The molecule has 1 heterocycles. The predicted molar refractivity (Wildman–Crippen MR) is 95.3 cm³/mol. The van der Waals surface area contributed by atoms with Gasteiger partial charge in [-0.25, -0.2) is 8.42 Å². The van der Waals surface area contributed by atoms with Gasteiger partial charge in [0.1, 0.15) is 9.84 Å². The van der Waals surface area contributed by atoms with Crippen molar-refractivity contribution in [1.82, 2.24) is 15.5 Å². The molecule has 158 valence electrons. The molecule has 2 aromatic rings. The van der Waals surface area contributed by atoms with Crippen molar-refractivity contribution in [2.75, 3.05) is 17.3 Å². The fourth-order valence-electron chi connectivity index (χ4n) is 2.40. The van der Waals surface area contributed by atoms with Gasteiger partial charge in [-0.3, -0.25) is 9.59 Å². The van der Waals surface area contributed by atoms with Gasteiger partial charge in [0.15, 0.2) is 0 Å². The molecule has 0 radical (unpaired) electrons. The third kappa shape index (κ3) is 6.55. The van der Waals surface area contributed by atoms with E-state index in [1.807, 2.05) is 0 Å². The number of halogens is 3. The largest absolute Gasteiger partial charge is 0.471 e. The highest BCUT2D eigenvalue weighted by Gasteiger charge is 2.38. The number of hydrogen-bond donors (Lipinski definition) is 2. The van der Waals surface area contributed by atoms with Gasteiger partial charge >= 0.3 is 23.9 Å². The van der Waals surface area contributed by atoms with E-state index < -0.39 is 39.3 Å². The van der Waals surface area contributed by atoms with Gasteiger partial charge in [-0.1, -0.05) is 5.16 Å². The van der Waals surface area contributed by atoms with E-state index in [4.69, 9.17) is 0 Å². The SMILES string of the molecule is CC(C)(CS(C)(=O)=O)NC(=O)C(=O)Nc1ccc(-c2noc(C(F)(F)F)n2)cc1. The third-order valence-corrected chi connectivity index (χ3v) is 4.60. The Morgan fingerprint density at radius 1 is 1.10 bits per heavy atom. The number of nitrogens with one attached hydrogen (secondary N) is 2. The Kier molecular flexibility index (Phi) is 6.02. The second kappa shape index (κ2) is 7.81. The summed E-state index contributed by atoms with van der Waals surface area (Å²) < 4.78 is 64.3. The molecule has 9 nitrogen and oxygen atoms in total. The number of sulfone groups is 1. The number of nitrogens with zero attached hydrogens (tertiary/aromatic N) is 2. The first kappa shape index (κ1) is 22.3. The van der Waals surface area contributed by atoms with Crippen LogP contribution in [0.15, 0.2) is 28.8 Å². The molecule has 0 bridgehead atoms. The van der Waals surface area contributed by atoms with E-state index in [0.717, 1.165) is 6.26 Å². The van der Waals surface area contributed by atoms with Crippen LogP contribution in [0.1, 0.15) is 19.7 Å². The number of carbonyl (C=O) groups is 2. The maximum absolute atomic E-state index is 12.5. The van der Waals surface area contributed by atoms with Crippen molar-refractivity contribution >= 4 is 27.3 Å². The minimum Gasteiger partial charge on any atom is -0.342 e. The Bertz CT molecular complexity index is 1010. The molecule has 0 aliphatic rings. The number of alkyl halides is 3. The van der Waals surface area contributed by atoms with Gasteiger partial charge in [-0.15, -0.1) is 0 Å². The number of benzene rings is 1. The average molecular weight is 434 g/mol. The quantitative estimate of drug-likeness (QED) is 0.684. The summed E-state index contributed by atoms with van der Waals surface area (Å²) >= 11 is 0. The summed E-state index contributed by atoms with van der Waals surface area (Å²) in [4.78, 5) is 27.2. The molecule has 2 amide bonds. The molecule has 0 unspecified atom stereocenters. The number of hydrogen-bond acceptors (Lipinski definition) is 7. The fourth-order valence-corrected chi connectivity index (χ4v) is 3.79. The van der Waals surface area contributed by atoms with Crippen LogP contribution < -0.4 is 10.6 Å². The molecule has 1 aromatic heterocycles. The van der Waals surface area contributed by atoms with Crippen LogP contribution in [-0.2, 0) is 25.6 Å². The topological polar surface area (TPSA) is 131 Å². The molecule has 29 heavy (non-hydrogen) atoms. The monoisotopic (exact) mass is 434 g/mol. The Hall–Kier alpha value is -2.96. The van der Waals surface area contributed by atoms with E-state index >= 15 is 0 Å². The van der Waals surface area contributed by atoms with E-state index in [0.29, 0.717) is 0 Å². The highest BCUT2D eigenvalue weighted by Crippen LogP contribution is 2.29. The minimum absolute atomic E-state index is 0.175. The van der Waals surface area contributed by atoms with Crippen molar-refractivity contribution in [3.05, 3.63) is 30.2 Å². The van der Waals surface area contributed by atoms with E-state index in [2.05, 4.69) is 25.3 Å². The molecule has 0 fully saturated rings. The lowest BCUT2D eigenvalue weighted by molar-refractivity contribution is -0.159. The van der Waals surface area contributed by atoms with Crippen molar-refractivity contribution in [1.29, 1.82) is 0 Å². The third-order valence-electron chi connectivity index (χ3n) is 3.35. The maximum Gasteiger partial charge on any atom is 0.471 e. The second-order valence-corrected chi connectivity index (χ2v) is 9.00. The highest BCUT2D eigenvalue weighted by atomic mass is 32.2. The van der Waals surface area contributed by atoms with Crippen molar-refractivity contribution in [2.45, 2.75) is 25.6 Å². The summed E-state index contributed by atoms with van der Waals surface area (Å²) in [6.45, 7) is 2.91. The molecular formula is C16H17F3N4O5S. The summed E-state index contributed by atoms with van der Waals surface area (Å²) in [6.07, 6.45) is -3.76. The van der Waals surface area contributed by atoms with Crippen LogP contribution >= 0.6 is 0 Å². The van der Waals surface area contributed by atoms with Gasteiger partial charge in [0.05, 0.1) is 5.75 Å². The lowest BCUT2D eigenvalue weighted by atomic mass is 10.1. The molecule has 2 N–H and O–H groups in total. The second-order valence-electron chi connectivity index (χ2n) is 6.86. The van der Waals surface area contributed by atoms with Gasteiger partial charge in [0, 0.05) is 23.0 Å². The molecule has 2 rings (SSSR count). The smallest absolute Gasteiger partial charge is 0.342 e. The Morgan fingerprint density at radius 3 is 2.17 bits per heavy atom.